The molecule has 3 rings (SSSR count). The van der Waals surface area contributed by atoms with Crippen molar-refractivity contribution in [3.63, 3.8) is 0 Å². The van der Waals surface area contributed by atoms with Gasteiger partial charge in [-0.05, 0) is 82.9 Å². The van der Waals surface area contributed by atoms with Gasteiger partial charge in [-0.15, -0.1) is 0 Å². The molecule has 0 aliphatic heterocycles. The fourth-order valence-electron chi connectivity index (χ4n) is 2.85. The Morgan fingerprint density at radius 3 is 2.26 bits per heavy atom. The summed E-state index contributed by atoms with van der Waals surface area (Å²) in [5.41, 5.74) is 1.13. The van der Waals surface area contributed by atoms with E-state index in [1.165, 1.54) is 0 Å². The number of halogens is 1. The summed E-state index contributed by atoms with van der Waals surface area (Å²) >= 11 is 5.01. The zero-order valence-corrected chi connectivity index (χ0v) is 19.4. The molecule has 0 bridgehead atoms. The topological polar surface area (TPSA) is 67.4 Å². The van der Waals surface area contributed by atoms with Gasteiger partial charge < -0.3 is 15.4 Å². The molecule has 0 saturated carbocycles. The van der Waals surface area contributed by atoms with Crippen molar-refractivity contribution in [3.8, 4) is 11.5 Å². The zero-order valence-electron chi connectivity index (χ0n) is 17.0. The molecule has 0 aliphatic rings. The van der Waals surface area contributed by atoms with E-state index in [9.17, 15) is 9.59 Å². The van der Waals surface area contributed by atoms with E-state index in [4.69, 9.17) is 4.74 Å². The van der Waals surface area contributed by atoms with Crippen LogP contribution < -0.4 is 15.4 Å². The Morgan fingerprint density at radius 1 is 0.935 bits per heavy atom. The van der Waals surface area contributed by atoms with Gasteiger partial charge in [-0.25, -0.2) is 0 Å². The van der Waals surface area contributed by atoms with Crippen molar-refractivity contribution < 1.29 is 14.3 Å². The molecule has 5 nitrogen and oxygen atoms in total. The van der Waals surface area contributed by atoms with E-state index in [2.05, 4.69) is 26.6 Å². The lowest BCUT2D eigenvalue weighted by Crippen LogP contribution is -2.44. The molecule has 7 heteroatoms. The van der Waals surface area contributed by atoms with Gasteiger partial charge in [0.1, 0.15) is 17.5 Å². The van der Waals surface area contributed by atoms with Crippen LogP contribution in [-0.2, 0) is 4.79 Å². The van der Waals surface area contributed by atoms with Crippen LogP contribution in [0.1, 0.15) is 16.8 Å². The molecule has 2 amide bonds. The van der Waals surface area contributed by atoms with E-state index in [-0.39, 0.29) is 11.8 Å². The lowest BCUT2D eigenvalue weighted by atomic mass is 10.1. The fraction of sp³-hybridized carbons (Fsp3) is 0.167. The molecule has 0 aliphatic carbocycles. The highest BCUT2D eigenvalue weighted by Gasteiger charge is 2.22. The third-order valence-corrected chi connectivity index (χ3v) is 5.79. The molecule has 0 aromatic heterocycles. The Hall–Kier alpha value is -2.77. The summed E-state index contributed by atoms with van der Waals surface area (Å²) in [7, 11) is 0. The highest BCUT2D eigenvalue weighted by atomic mass is 79.9. The lowest BCUT2D eigenvalue weighted by Gasteiger charge is -2.19. The minimum absolute atomic E-state index is 0.258. The monoisotopic (exact) mass is 498 g/mol. The quantitative estimate of drug-likeness (QED) is 0.395. The summed E-state index contributed by atoms with van der Waals surface area (Å²) in [4.78, 5) is 25.5. The third-order valence-electron chi connectivity index (χ3n) is 4.45. The van der Waals surface area contributed by atoms with Crippen molar-refractivity contribution in [1.29, 1.82) is 0 Å². The number of amides is 2. The van der Waals surface area contributed by atoms with E-state index < -0.39 is 6.04 Å². The Morgan fingerprint density at radius 2 is 1.58 bits per heavy atom. The second kappa shape index (κ2) is 11.6. The minimum atomic E-state index is -0.646. The molecule has 0 saturated heterocycles. The van der Waals surface area contributed by atoms with Gasteiger partial charge in [0.2, 0.25) is 5.91 Å². The van der Waals surface area contributed by atoms with Crippen LogP contribution in [0.15, 0.2) is 83.3 Å². The molecule has 1 atom stereocenters. The summed E-state index contributed by atoms with van der Waals surface area (Å²) in [6, 6.07) is 23.1. The maximum Gasteiger partial charge on any atom is 0.253 e. The molecule has 0 radical (unpaired) electrons. The van der Waals surface area contributed by atoms with Crippen LogP contribution in [0.3, 0.4) is 0 Å². The molecule has 3 aromatic rings. The van der Waals surface area contributed by atoms with E-state index in [1.54, 1.807) is 54.2 Å². The van der Waals surface area contributed by atoms with Crippen molar-refractivity contribution in [2.45, 2.75) is 12.5 Å². The first-order chi connectivity index (χ1) is 15.1. The second-order valence-corrected chi connectivity index (χ2v) is 8.56. The van der Waals surface area contributed by atoms with Crippen molar-refractivity contribution in [2.24, 2.45) is 0 Å². The Labute approximate surface area is 194 Å². The minimum Gasteiger partial charge on any atom is -0.457 e. The Balaban J connectivity index is 1.64. The van der Waals surface area contributed by atoms with Crippen molar-refractivity contribution in [3.05, 3.63) is 88.9 Å². The molecule has 0 fully saturated rings. The van der Waals surface area contributed by atoms with Crippen LogP contribution in [0.25, 0.3) is 0 Å². The highest BCUT2D eigenvalue weighted by Crippen LogP contribution is 2.23. The summed E-state index contributed by atoms with van der Waals surface area (Å²) in [5, 5.41) is 5.74. The van der Waals surface area contributed by atoms with E-state index in [1.807, 2.05) is 42.7 Å². The number of hydrogen-bond donors (Lipinski definition) is 2. The van der Waals surface area contributed by atoms with Gasteiger partial charge in [-0.1, -0.05) is 30.3 Å². The van der Waals surface area contributed by atoms with Crippen LogP contribution in [0.5, 0.6) is 11.5 Å². The summed E-state index contributed by atoms with van der Waals surface area (Å²) in [6.45, 7) is 0. The number of benzene rings is 3. The van der Waals surface area contributed by atoms with Crippen LogP contribution in [0.4, 0.5) is 5.69 Å². The number of nitrogens with one attached hydrogen (secondary N) is 2. The van der Waals surface area contributed by atoms with Gasteiger partial charge in [0.25, 0.3) is 5.91 Å². The van der Waals surface area contributed by atoms with E-state index in [0.717, 1.165) is 11.5 Å². The lowest BCUT2D eigenvalue weighted by molar-refractivity contribution is -0.118. The van der Waals surface area contributed by atoms with Crippen LogP contribution in [0, 0.1) is 0 Å². The third kappa shape index (κ3) is 6.87. The van der Waals surface area contributed by atoms with Crippen molar-refractivity contribution in [2.75, 3.05) is 17.3 Å². The number of ether oxygens (including phenoxy) is 1. The predicted molar refractivity (Wildman–Crippen MR) is 130 cm³/mol. The fourth-order valence-corrected chi connectivity index (χ4v) is 3.78. The van der Waals surface area contributed by atoms with Gasteiger partial charge in [0.15, 0.2) is 0 Å². The number of para-hydroxylation sites is 1. The van der Waals surface area contributed by atoms with Crippen LogP contribution in [-0.4, -0.2) is 29.9 Å². The molecule has 3 aromatic carbocycles. The number of carbonyl (C=O) groups excluding carboxylic acids is 2. The molecular formula is C24H23BrN2O3S. The first-order valence-electron chi connectivity index (χ1n) is 9.75. The van der Waals surface area contributed by atoms with Gasteiger partial charge in [0.05, 0.1) is 5.56 Å². The average Bonchev–Trinajstić information content (AvgIpc) is 2.78. The maximum atomic E-state index is 12.9. The number of thioether (sulfide) groups is 1. The summed E-state index contributed by atoms with van der Waals surface area (Å²) in [5.74, 6) is 1.61. The van der Waals surface area contributed by atoms with Gasteiger partial charge in [0, 0.05) is 10.2 Å². The first-order valence-corrected chi connectivity index (χ1v) is 11.9. The Kier molecular flexibility index (Phi) is 8.55. The maximum absolute atomic E-state index is 12.9. The number of anilines is 1. The highest BCUT2D eigenvalue weighted by molar-refractivity contribution is 9.10. The van der Waals surface area contributed by atoms with Crippen LogP contribution in [0.2, 0.25) is 0 Å². The molecule has 31 heavy (non-hydrogen) atoms. The van der Waals surface area contributed by atoms with Gasteiger partial charge >= 0.3 is 0 Å². The molecular weight excluding hydrogens is 476 g/mol. The molecule has 0 unspecified atom stereocenters. The molecule has 0 spiro atoms. The zero-order chi connectivity index (χ0) is 22.1. The summed E-state index contributed by atoms with van der Waals surface area (Å²) in [6.07, 6.45) is 2.49. The Bertz CT molecular complexity index is 1010. The molecule has 0 heterocycles. The van der Waals surface area contributed by atoms with Gasteiger partial charge in [-0.3, -0.25) is 9.59 Å². The SMILES string of the molecule is CSCC[C@@H](NC(=O)c1ccccc1Br)C(=O)Nc1ccc(Oc2ccccc2)cc1. The number of rotatable bonds is 9. The standard InChI is InChI=1S/C24H23BrN2O3S/c1-31-16-15-22(27-23(28)20-9-5-6-10-21(20)25)24(29)26-17-11-13-19(14-12-17)30-18-7-3-2-4-8-18/h2-14,22H,15-16H2,1H3,(H,26,29)(H,27,28)/t22-/m1/s1. The largest absolute Gasteiger partial charge is 0.457 e. The smallest absolute Gasteiger partial charge is 0.253 e. The van der Waals surface area contributed by atoms with Gasteiger partial charge in [-0.2, -0.15) is 11.8 Å². The van der Waals surface area contributed by atoms with Crippen molar-refractivity contribution >= 4 is 45.2 Å². The normalized spacial score (nSPS) is 11.4. The van der Waals surface area contributed by atoms with Crippen LogP contribution >= 0.6 is 27.7 Å². The van der Waals surface area contributed by atoms with Crippen molar-refractivity contribution in [1.82, 2.24) is 5.32 Å². The summed E-state index contributed by atoms with van der Waals surface area (Å²) < 4.78 is 6.46. The number of hydrogen-bond acceptors (Lipinski definition) is 4. The van der Waals surface area contributed by atoms with E-state index in [0.29, 0.717) is 27.9 Å². The number of carbonyl (C=O) groups is 2. The molecule has 2 N–H and O–H groups in total. The first kappa shape index (κ1) is 22.9. The van der Waals surface area contributed by atoms with E-state index >= 15 is 0 Å². The predicted octanol–water partition coefficient (Wildman–Crippen LogP) is 5.73. The molecule has 160 valence electrons. The second-order valence-electron chi connectivity index (χ2n) is 6.72. The average molecular weight is 499 g/mol.